The molecule has 154 valence electrons. The third-order valence-corrected chi connectivity index (χ3v) is 5.23. The van der Waals surface area contributed by atoms with Crippen molar-refractivity contribution in [2.45, 2.75) is 52.1 Å². The Bertz CT molecular complexity index is 678. The van der Waals surface area contributed by atoms with Crippen molar-refractivity contribution in [1.29, 1.82) is 0 Å². The van der Waals surface area contributed by atoms with E-state index >= 15 is 0 Å². The summed E-state index contributed by atoms with van der Waals surface area (Å²) in [5.41, 5.74) is 1.77. The van der Waals surface area contributed by atoms with Crippen LogP contribution in [0, 0.1) is 0 Å². The topological polar surface area (TPSA) is 88.4 Å². The number of hydroxylamine groups is 2. The van der Waals surface area contributed by atoms with Crippen LogP contribution in [0.2, 0.25) is 0 Å². The zero-order chi connectivity index (χ0) is 20.4. The first kappa shape index (κ1) is 22.2. The number of thioether (sulfide) groups is 1. The fourth-order valence-corrected chi connectivity index (χ4v) is 3.47. The number of ether oxygens (including phenoxy) is 1. The van der Waals surface area contributed by atoms with E-state index in [1.165, 1.54) is 16.8 Å². The lowest BCUT2D eigenvalue weighted by Crippen LogP contribution is -2.32. The van der Waals surface area contributed by atoms with Gasteiger partial charge in [-0.05, 0) is 18.4 Å². The third-order valence-electron chi connectivity index (χ3n) is 4.14. The van der Waals surface area contributed by atoms with Crippen molar-refractivity contribution in [3.05, 3.63) is 35.4 Å². The van der Waals surface area contributed by atoms with Gasteiger partial charge in [-0.25, -0.2) is 9.59 Å². The summed E-state index contributed by atoms with van der Waals surface area (Å²) in [6.45, 7) is 5.22. The van der Waals surface area contributed by atoms with Crippen molar-refractivity contribution in [3.63, 3.8) is 0 Å². The van der Waals surface area contributed by atoms with Gasteiger partial charge in [0.2, 0.25) is 0 Å². The van der Waals surface area contributed by atoms with Crippen molar-refractivity contribution in [3.8, 4) is 0 Å². The smallest absolute Gasteiger partial charge is 0.434 e. The lowest BCUT2D eigenvalue weighted by molar-refractivity contribution is -0.144. The summed E-state index contributed by atoms with van der Waals surface area (Å²) < 4.78 is 5.27. The molecule has 1 aliphatic rings. The summed E-state index contributed by atoms with van der Waals surface area (Å²) in [5, 5.41) is 11.1. The van der Waals surface area contributed by atoms with Crippen LogP contribution >= 0.6 is 11.8 Å². The van der Waals surface area contributed by atoms with Crippen LogP contribution in [-0.4, -0.2) is 52.3 Å². The monoisotopic (exact) mass is 408 g/mol. The molecule has 2 rings (SSSR count). The molecule has 0 spiro atoms. The minimum Gasteiger partial charge on any atom is -0.480 e. The molecule has 1 amide bonds. The number of amides is 1. The predicted molar refractivity (Wildman–Crippen MR) is 110 cm³/mol. The lowest BCUT2D eigenvalue weighted by atomic mass is 10.1. The van der Waals surface area contributed by atoms with Crippen LogP contribution in [0.3, 0.4) is 0 Å². The molecule has 7 nitrogen and oxygen atoms in total. The number of carbonyl (C=O) groups excluding carboxylic acids is 1. The Kier molecular flexibility index (Phi) is 9.30. The van der Waals surface area contributed by atoms with Gasteiger partial charge in [0.25, 0.3) is 0 Å². The molecule has 1 aliphatic heterocycles. The summed E-state index contributed by atoms with van der Waals surface area (Å²) in [7, 11) is 0. The molecule has 1 N–H and O–H groups in total. The summed E-state index contributed by atoms with van der Waals surface area (Å²) in [4.78, 5) is 33.2. The quantitative estimate of drug-likeness (QED) is 0.438. The van der Waals surface area contributed by atoms with Crippen molar-refractivity contribution in [2.24, 2.45) is 4.99 Å². The largest absolute Gasteiger partial charge is 0.480 e. The Morgan fingerprint density at radius 2 is 1.86 bits per heavy atom. The Labute approximate surface area is 170 Å². The third kappa shape index (κ3) is 6.83. The second-order valence-electron chi connectivity index (χ2n) is 6.49. The zero-order valence-corrected chi connectivity index (χ0v) is 17.2. The molecule has 8 heteroatoms. The number of benzene rings is 1. The lowest BCUT2D eigenvalue weighted by Gasteiger charge is -2.21. The number of aliphatic imine (C=N–C) groups is 1. The van der Waals surface area contributed by atoms with E-state index < -0.39 is 18.1 Å². The molecule has 0 aromatic heterocycles. The van der Waals surface area contributed by atoms with Crippen LogP contribution in [0.5, 0.6) is 0 Å². The van der Waals surface area contributed by atoms with Crippen molar-refractivity contribution < 1.29 is 24.3 Å². The number of carbonyl (C=O) groups is 2. The summed E-state index contributed by atoms with van der Waals surface area (Å²) >= 11 is 1.44. The van der Waals surface area contributed by atoms with Gasteiger partial charge >= 0.3 is 12.1 Å². The fourth-order valence-electron chi connectivity index (χ4n) is 2.43. The number of hydrogen-bond donors (Lipinski definition) is 1. The Balaban J connectivity index is 1.99. The average Bonchev–Trinajstić information content (AvgIpc) is 3.18. The molecule has 1 aromatic rings. The Hall–Kier alpha value is -2.06. The van der Waals surface area contributed by atoms with Gasteiger partial charge in [0.05, 0.1) is 24.8 Å². The van der Waals surface area contributed by atoms with Gasteiger partial charge in [0.1, 0.15) is 0 Å². The fraction of sp³-hybridized carbons (Fsp3) is 0.550. The minimum atomic E-state index is -0.902. The summed E-state index contributed by atoms with van der Waals surface area (Å²) in [5.74, 6) is -0.449. The van der Waals surface area contributed by atoms with E-state index in [0.29, 0.717) is 19.0 Å². The van der Waals surface area contributed by atoms with Crippen molar-refractivity contribution in [1.82, 2.24) is 5.06 Å². The van der Waals surface area contributed by atoms with Crippen molar-refractivity contribution >= 4 is 28.9 Å². The highest BCUT2D eigenvalue weighted by Crippen LogP contribution is 2.24. The van der Waals surface area contributed by atoms with Gasteiger partial charge in [-0.3, -0.25) is 9.83 Å². The average molecular weight is 409 g/mol. The number of carboxylic acid groups (broad SMARTS) is 1. The van der Waals surface area contributed by atoms with Crippen molar-refractivity contribution in [2.75, 3.05) is 19.0 Å². The van der Waals surface area contributed by atoms with Gasteiger partial charge in [-0.2, -0.15) is 5.06 Å². The SMILES string of the molecule is CCCCOC(=O)N(Cc1ccc(C2=N[C@H](C(=O)O)CS2)cc1)OCCCC. The van der Waals surface area contributed by atoms with E-state index in [9.17, 15) is 9.59 Å². The number of nitrogens with zero attached hydrogens (tertiary/aromatic N) is 2. The van der Waals surface area contributed by atoms with Gasteiger partial charge in [-0.1, -0.05) is 51.0 Å². The van der Waals surface area contributed by atoms with E-state index in [4.69, 9.17) is 14.7 Å². The number of carboxylic acids is 1. The normalized spacial score (nSPS) is 15.9. The molecular weight excluding hydrogens is 380 g/mol. The van der Waals surface area contributed by atoms with Crippen LogP contribution < -0.4 is 0 Å². The molecule has 28 heavy (non-hydrogen) atoms. The highest BCUT2D eigenvalue weighted by Gasteiger charge is 2.25. The van der Waals surface area contributed by atoms with Crippen LogP contribution in [-0.2, 0) is 20.9 Å². The molecule has 0 saturated carbocycles. The molecule has 0 saturated heterocycles. The summed E-state index contributed by atoms with van der Waals surface area (Å²) in [6.07, 6.45) is 3.13. The highest BCUT2D eigenvalue weighted by atomic mass is 32.2. The molecule has 0 bridgehead atoms. The maximum absolute atomic E-state index is 12.3. The maximum Gasteiger partial charge on any atom is 0.434 e. The van der Waals surface area contributed by atoms with Crippen LogP contribution in [0.4, 0.5) is 4.79 Å². The van der Waals surface area contributed by atoms with Crippen LogP contribution in [0.15, 0.2) is 29.3 Å². The molecule has 1 atom stereocenters. The van der Waals surface area contributed by atoms with E-state index in [2.05, 4.69) is 11.9 Å². The molecular formula is C20H28N2O5S. The summed E-state index contributed by atoms with van der Waals surface area (Å²) in [6, 6.07) is 6.88. The molecule has 0 radical (unpaired) electrons. The first-order valence-electron chi connectivity index (χ1n) is 9.65. The number of unbranched alkanes of at least 4 members (excludes halogenated alkanes) is 2. The Morgan fingerprint density at radius 1 is 1.18 bits per heavy atom. The Morgan fingerprint density at radius 3 is 2.46 bits per heavy atom. The maximum atomic E-state index is 12.3. The van der Waals surface area contributed by atoms with E-state index in [1.54, 1.807) is 0 Å². The first-order valence-corrected chi connectivity index (χ1v) is 10.6. The molecule has 0 aliphatic carbocycles. The van der Waals surface area contributed by atoms with E-state index in [-0.39, 0.29) is 6.54 Å². The van der Waals surface area contributed by atoms with E-state index in [1.807, 2.05) is 31.2 Å². The predicted octanol–water partition coefficient (Wildman–Crippen LogP) is 4.10. The van der Waals surface area contributed by atoms with Crippen LogP contribution in [0.25, 0.3) is 0 Å². The zero-order valence-electron chi connectivity index (χ0n) is 16.4. The first-order chi connectivity index (χ1) is 13.5. The number of rotatable bonds is 11. The molecule has 0 fully saturated rings. The second kappa shape index (κ2) is 11.7. The highest BCUT2D eigenvalue weighted by molar-refractivity contribution is 8.14. The number of aliphatic carboxylic acids is 1. The van der Waals surface area contributed by atoms with Gasteiger partial charge in [0.15, 0.2) is 6.04 Å². The van der Waals surface area contributed by atoms with Gasteiger partial charge in [-0.15, -0.1) is 11.8 Å². The van der Waals surface area contributed by atoms with Crippen LogP contribution in [0.1, 0.15) is 50.7 Å². The molecule has 1 heterocycles. The molecule has 0 unspecified atom stereocenters. The molecule has 1 aromatic carbocycles. The van der Waals surface area contributed by atoms with Gasteiger partial charge in [0, 0.05) is 11.3 Å². The minimum absolute atomic E-state index is 0.284. The number of hydrogen-bond acceptors (Lipinski definition) is 6. The second-order valence-corrected chi connectivity index (χ2v) is 7.50. The standard InChI is InChI=1S/C20H28N2O5S/c1-3-5-11-26-20(25)22(27-12-6-4-2)13-15-7-9-16(10-8-15)18-21-17(14-28-18)19(23)24/h7-10,17H,3-6,11-14H2,1-2H3,(H,23,24)/t17-/m0/s1. The van der Waals surface area contributed by atoms with Gasteiger partial charge < -0.3 is 9.84 Å². The van der Waals surface area contributed by atoms with E-state index in [0.717, 1.165) is 41.9 Å².